The predicted molar refractivity (Wildman–Crippen MR) is 108 cm³/mol. The van der Waals surface area contributed by atoms with Crippen LogP contribution in [0.5, 0.6) is 5.75 Å². The summed E-state index contributed by atoms with van der Waals surface area (Å²) in [6.45, 7) is 8.06. The van der Waals surface area contributed by atoms with Gasteiger partial charge in [0, 0.05) is 31.6 Å². The molecular weight excluding hydrogens is 356 g/mol. The zero-order valence-corrected chi connectivity index (χ0v) is 16.3. The normalized spacial score (nSPS) is 20.3. The van der Waals surface area contributed by atoms with Gasteiger partial charge in [0.05, 0.1) is 24.8 Å². The Morgan fingerprint density at radius 2 is 2.11 bits per heavy atom. The van der Waals surface area contributed by atoms with Crippen molar-refractivity contribution < 1.29 is 19.0 Å². The summed E-state index contributed by atoms with van der Waals surface area (Å²) in [5.74, 6) is 0.821. The molecule has 6 heteroatoms. The second-order valence-electron chi connectivity index (χ2n) is 7.32. The Kier molecular flexibility index (Phi) is 5.98. The van der Waals surface area contributed by atoms with Crippen LogP contribution >= 0.6 is 0 Å². The second kappa shape index (κ2) is 8.80. The van der Waals surface area contributed by atoms with Crippen LogP contribution in [-0.4, -0.2) is 61.0 Å². The highest BCUT2D eigenvalue weighted by molar-refractivity contribution is 6.00. The molecule has 2 aliphatic heterocycles. The van der Waals surface area contributed by atoms with Crippen LogP contribution in [0.15, 0.2) is 36.9 Å². The molecule has 0 radical (unpaired) electrons. The van der Waals surface area contributed by atoms with Crippen molar-refractivity contribution >= 4 is 16.8 Å². The maximum Gasteiger partial charge on any atom is 0.270 e. The third-order valence-electron chi connectivity index (χ3n) is 5.44. The summed E-state index contributed by atoms with van der Waals surface area (Å²) in [4.78, 5) is 15.2. The molecule has 150 valence electrons. The molecule has 4 rings (SSSR count). The first kappa shape index (κ1) is 19.0. The lowest BCUT2D eigenvalue weighted by Gasteiger charge is -2.28. The Labute approximate surface area is 165 Å². The molecule has 0 bridgehead atoms. The highest BCUT2D eigenvalue weighted by Gasteiger charge is 2.26. The molecule has 0 saturated carbocycles. The van der Waals surface area contributed by atoms with E-state index >= 15 is 0 Å². The van der Waals surface area contributed by atoms with Crippen molar-refractivity contribution in [3.63, 3.8) is 0 Å². The summed E-state index contributed by atoms with van der Waals surface area (Å²) in [6.07, 6.45) is 5.17. The molecule has 2 saturated heterocycles. The Hall–Kier alpha value is -2.31. The van der Waals surface area contributed by atoms with Crippen molar-refractivity contribution in [2.24, 2.45) is 0 Å². The van der Waals surface area contributed by atoms with Gasteiger partial charge in [0.25, 0.3) is 5.91 Å². The van der Waals surface area contributed by atoms with Crippen LogP contribution < -0.4 is 4.74 Å². The number of ether oxygens (including phenoxy) is 3. The number of rotatable bonds is 6. The molecule has 0 aliphatic carbocycles. The van der Waals surface area contributed by atoms with Gasteiger partial charge in [-0.1, -0.05) is 18.7 Å². The van der Waals surface area contributed by atoms with Crippen LogP contribution in [-0.2, 0) is 16.0 Å². The Morgan fingerprint density at radius 3 is 2.86 bits per heavy atom. The van der Waals surface area contributed by atoms with E-state index < -0.39 is 0 Å². The van der Waals surface area contributed by atoms with Gasteiger partial charge in [-0.15, -0.1) is 0 Å². The van der Waals surface area contributed by atoms with E-state index in [4.69, 9.17) is 14.2 Å². The molecule has 0 spiro atoms. The summed E-state index contributed by atoms with van der Waals surface area (Å²) in [7, 11) is 0. The molecule has 2 aromatic rings. The lowest BCUT2D eigenvalue weighted by Crippen LogP contribution is -2.41. The third kappa shape index (κ3) is 3.93. The van der Waals surface area contributed by atoms with Crippen molar-refractivity contribution in [3.8, 4) is 5.75 Å². The number of carbonyl (C=O) groups is 1. The van der Waals surface area contributed by atoms with Crippen molar-refractivity contribution in [2.45, 2.75) is 31.9 Å². The molecule has 2 aliphatic rings. The molecule has 3 heterocycles. The molecule has 1 atom stereocenters. The monoisotopic (exact) mass is 384 g/mol. The molecule has 6 nitrogen and oxygen atoms in total. The molecule has 1 unspecified atom stereocenters. The highest BCUT2D eigenvalue weighted by Crippen LogP contribution is 2.31. The maximum absolute atomic E-state index is 13.3. The molecule has 0 N–H and O–H groups in total. The third-order valence-corrected chi connectivity index (χ3v) is 5.44. The standard InChI is InChI=1S/C22H28N2O4/c1-2-11-28-21-8-5-7-19-18(21)15-20(22(25)23-9-13-26-14-10-23)24(19)16-17-6-3-4-12-27-17/h2,5,7-8,15,17H,1,3-4,6,9-14,16H2. The first-order valence-corrected chi connectivity index (χ1v) is 10.1. The number of fused-ring (bicyclic) bond motifs is 1. The average Bonchev–Trinajstić information content (AvgIpc) is 3.12. The SMILES string of the molecule is C=CCOc1cccc2c1cc(C(=O)N1CCOCC1)n2CC1CCCCO1. The van der Waals surface area contributed by atoms with E-state index in [1.807, 2.05) is 23.1 Å². The van der Waals surface area contributed by atoms with Crippen LogP contribution in [0.25, 0.3) is 10.9 Å². The Balaban J connectivity index is 1.72. The highest BCUT2D eigenvalue weighted by atomic mass is 16.5. The summed E-state index contributed by atoms with van der Waals surface area (Å²) >= 11 is 0. The largest absolute Gasteiger partial charge is 0.489 e. The van der Waals surface area contributed by atoms with E-state index in [2.05, 4.69) is 17.2 Å². The number of morpholine rings is 1. The van der Waals surface area contributed by atoms with Gasteiger partial charge in [-0.2, -0.15) is 0 Å². The molecule has 1 amide bonds. The van der Waals surface area contributed by atoms with Gasteiger partial charge < -0.3 is 23.7 Å². The number of carbonyl (C=O) groups excluding carboxylic acids is 1. The van der Waals surface area contributed by atoms with Crippen LogP contribution in [0.4, 0.5) is 0 Å². The quantitative estimate of drug-likeness (QED) is 0.718. The van der Waals surface area contributed by atoms with Crippen molar-refractivity contribution in [2.75, 3.05) is 39.5 Å². The van der Waals surface area contributed by atoms with E-state index in [0.717, 1.165) is 36.1 Å². The minimum atomic E-state index is 0.0463. The molecule has 1 aromatic carbocycles. The van der Waals surface area contributed by atoms with E-state index in [1.54, 1.807) is 6.08 Å². The van der Waals surface area contributed by atoms with Crippen LogP contribution in [0.1, 0.15) is 29.8 Å². The average molecular weight is 384 g/mol. The predicted octanol–water partition coefficient (Wildman–Crippen LogP) is 3.25. The van der Waals surface area contributed by atoms with Gasteiger partial charge in [-0.25, -0.2) is 0 Å². The minimum absolute atomic E-state index is 0.0463. The van der Waals surface area contributed by atoms with Crippen LogP contribution in [0.2, 0.25) is 0 Å². The summed E-state index contributed by atoms with van der Waals surface area (Å²) in [6, 6.07) is 7.93. The molecule has 1 aromatic heterocycles. The zero-order chi connectivity index (χ0) is 19.3. The van der Waals surface area contributed by atoms with Gasteiger partial charge in [0.15, 0.2) is 0 Å². The summed E-state index contributed by atoms with van der Waals surface area (Å²) in [5, 5.41) is 0.955. The number of nitrogens with zero attached hydrogens (tertiary/aromatic N) is 2. The first-order chi connectivity index (χ1) is 13.8. The van der Waals surface area contributed by atoms with Crippen molar-refractivity contribution in [3.05, 3.63) is 42.6 Å². The topological polar surface area (TPSA) is 52.9 Å². The number of amides is 1. The lowest BCUT2D eigenvalue weighted by molar-refractivity contribution is 0.00564. The van der Waals surface area contributed by atoms with Gasteiger partial charge >= 0.3 is 0 Å². The Morgan fingerprint density at radius 1 is 1.25 bits per heavy atom. The van der Waals surface area contributed by atoms with E-state index in [0.29, 0.717) is 45.1 Å². The summed E-state index contributed by atoms with van der Waals surface area (Å²) in [5.41, 5.74) is 1.70. The maximum atomic E-state index is 13.3. The van der Waals surface area contributed by atoms with Crippen LogP contribution in [0.3, 0.4) is 0 Å². The molecule has 28 heavy (non-hydrogen) atoms. The van der Waals surface area contributed by atoms with Gasteiger partial charge in [0.1, 0.15) is 18.1 Å². The molecular formula is C22H28N2O4. The number of benzene rings is 1. The minimum Gasteiger partial charge on any atom is -0.489 e. The Bertz CT molecular complexity index is 832. The van der Waals surface area contributed by atoms with Gasteiger partial charge in [-0.3, -0.25) is 4.79 Å². The fourth-order valence-electron chi connectivity index (χ4n) is 3.99. The van der Waals surface area contributed by atoms with E-state index in [1.165, 1.54) is 6.42 Å². The zero-order valence-electron chi connectivity index (χ0n) is 16.3. The van der Waals surface area contributed by atoms with E-state index in [9.17, 15) is 4.79 Å². The van der Waals surface area contributed by atoms with E-state index in [-0.39, 0.29) is 12.0 Å². The fraction of sp³-hybridized carbons (Fsp3) is 0.500. The second-order valence-corrected chi connectivity index (χ2v) is 7.32. The lowest BCUT2D eigenvalue weighted by atomic mass is 10.1. The number of aromatic nitrogens is 1. The van der Waals surface area contributed by atoms with Gasteiger partial charge in [0.2, 0.25) is 0 Å². The smallest absolute Gasteiger partial charge is 0.270 e. The number of hydrogen-bond acceptors (Lipinski definition) is 4. The first-order valence-electron chi connectivity index (χ1n) is 10.1. The van der Waals surface area contributed by atoms with Crippen molar-refractivity contribution in [1.82, 2.24) is 9.47 Å². The van der Waals surface area contributed by atoms with Crippen LogP contribution in [0, 0.1) is 0 Å². The fourth-order valence-corrected chi connectivity index (χ4v) is 3.99. The molecule has 2 fully saturated rings. The number of hydrogen-bond donors (Lipinski definition) is 0. The van der Waals surface area contributed by atoms with Crippen molar-refractivity contribution in [1.29, 1.82) is 0 Å². The van der Waals surface area contributed by atoms with Gasteiger partial charge in [-0.05, 0) is 37.5 Å². The summed E-state index contributed by atoms with van der Waals surface area (Å²) < 4.78 is 19.3.